The Balaban J connectivity index is 0.0000000859. The van der Waals surface area contributed by atoms with Gasteiger partial charge in [-0.2, -0.15) is 0 Å². The molecule has 0 atom stereocenters. The van der Waals surface area contributed by atoms with Crippen LogP contribution in [-0.4, -0.2) is 17.6 Å². The van der Waals surface area contributed by atoms with Crippen LogP contribution >= 0.6 is 0 Å². The van der Waals surface area contributed by atoms with Crippen molar-refractivity contribution in [3.05, 3.63) is 453 Å². The molecule has 8 aliphatic carbocycles. The van der Waals surface area contributed by atoms with E-state index in [1.165, 1.54) is 330 Å². The van der Waals surface area contributed by atoms with Gasteiger partial charge in [0.15, 0.2) is 0 Å². The molecule has 0 saturated carbocycles. The van der Waals surface area contributed by atoms with Crippen molar-refractivity contribution in [1.29, 1.82) is 0 Å². The van der Waals surface area contributed by atoms with Crippen LogP contribution in [0.2, 0.25) is 0 Å². The molecule has 148 heavy (non-hydrogen) atoms. The molecule has 36 rings (SSSR count). The summed E-state index contributed by atoms with van der Waals surface area (Å²) in [5.41, 5.74) is 61.3. The van der Waals surface area contributed by atoms with Gasteiger partial charge in [0.2, 0.25) is 0 Å². The van der Waals surface area contributed by atoms with E-state index >= 15 is 0 Å². The van der Waals surface area contributed by atoms with Gasteiger partial charge in [-0.25, -0.2) is 0 Å². The van der Waals surface area contributed by atoms with E-state index in [0.29, 0.717) is 0 Å². The Bertz CT molecular complexity index is 11000. The molecule has 0 amide bonds. The quantitative estimate of drug-likeness (QED) is 0.144. The summed E-state index contributed by atoms with van der Waals surface area (Å²) in [6.07, 6.45) is 0. The van der Waals surface area contributed by atoms with Crippen molar-refractivity contribution in [2.45, 2.75) is 154 Å². The lowest BCUT2D eigenvalue weighted by molar-refractivity contribution is 0.661. The van der Waals surface area contributed by atoms with Crippen LogP contribution in [0, 0.1) is 0 Å². The fourth-order valence-corrected chi connectivity index (χ4v) is 32.6. The van der Waals surface area contributed by atoms with Gasteiger partial charge in [0.05, 0.1) is 66.2 Å². The molecule has 704 valence electrons. The largest absolute Gasteiger partial charge is 0.308 e. The van der Waals surface area contributed by atoms with Crippen molar-refractivity contribution in [2.24, 2.45) is 0 Å². The van der Waals surface area contributed by atoms with E-state index in [-0.39, 0.29) is 43.3 Å². The molecule has 4 heteroatoms. The zero-order valence-corrected chi connectivity index (χ0v) is 86.4. The molecule has 8 aromatic heterocycles. The highest BCUT2D eigenvalue weighted by atomic mass is 14.9. The first-order valence-corrected chi connectivity index (χ1v) is 53.6. The highest BCUT2D eigenvalue weighted by molar-refractivity contribution is 6.35. The summed E-state index contributed by atoms with van der Waals surface area (Å²) in [5.74, 6) is 0. The molecule has 0 fully saturated rings. The topological polar surface area (TPSA) is 17.6 Å². The molecule has 0 aliphatic heterocycles. The Morgan fingerprint density at radius 3 is 0.723 bits per heavy atom. The molecule has 0 N–H and O–H groups in total. The number of rotatable bonds is 0. The van der Waals surface area contributed by atoms with Crippen molar-refractivity contribution in [1.82, 2.24) is 17.6 Å². The van der Waals surface area contributed by atoms with Gasteiger partial charge in [-0.15, -0.1) is 0 Å². The number of hydrogen-bond donors (Lipinski definition) is 0. The van der Waals surface area contributed by atoms with E-state index < -0.39 is 0 Å². The molecule has 0 unspecified atom stereocenters. The van der Waals surface area contributed by atoms with Crippen molar-refractivity contribution in [3.8, 4) is 89.0 Å². The van der Waals surface area contributed by atoms with Gasteiger partial charge < -0.3 is 17.6 Å². The summed E-state index contributed by atoms with van der Waals surface area (Å²) < 4.78 is 10.2. The zero-order valence-electron chi connectivity index (χ0n) is 86.4. The van der Waals surface area contributed by atoms with Gasteiger partial charge in [0.1, 0.15) is 0 Å². The molecule has 0 saturated heterocycles. The minimum absolute atomic E-state index is 0.0427. The van der Waals surface area contributed by atoms with E-state index in [9.17, 15) is 0 Å². The number of nitrogens with zero attached hydrogens (tertiary/aromatic N) is 4. The number of fused-ring (bicyclic) bond motifs is 56. The maximum atomic E-state index is 2.56. The summed E-state index contributed by atoms with van der Waals surface area (Å²) in [5, 5.41) is 22.4. The lowest BCUT2D eigenvalue weighted by atomic mass is 9.77. The second-order valence-corrected chi connectivity index (χ2v) is 48.6. The lowest BCUT2D eigenvalue weighted by Crippen LogP contribution is -2.17. The molecule has 8 aliphatic rings. The molecular weight excluding hydrogens is 1790 g/mol. The molecule has 0 spiro atoms. The highest BCUT2D eigenvalue weighted by Gasteiger charge is 2.50. The Labute approximate surface area is 859 Å². The van der Waals surface area contributed by atoms with Crippen LogP contribution in [0.25, 0.3) is 241 Å². The minimum atomic E-state index is -0.0728. The Morgan fingerprint density at radius 1 is 0.128 bits per heavy atom. The van der Waals surface area contributed by atoms with Gasteiger partial charge in [-0.1, -0.05) is 402 Å². The molecule has 8 heterocycles. The average molecular weight is 1890 g/mol. The standard InChI is InChI=1S/4C36H27N/c1-35(2)26-15-9-6-13-23(26)30-27(35)19-24-21-12-7-10-16-28(21)37-29-18-17-22-20-11-5-8-14-25(20)36(3,4)33(22)31(29)32(30)34(24)37;1-35(2)26-15-9-6-12-22(26)30-27(35)19-24-31-29(37-28-16-10-7-13-23(28)32(30)34(24)37)18-17-21-20-11-5-8-14-25(20)36(3,4)33(21)31;1-35(2)26-14-8-5-11-20(26)22-17-18-29-30(32(22)35)25-19-24-21-12-6-9-15-27(21)36(3,4)33(24)31-23-13-7-10-16-28(23)37(29)34(25)31;1-35(2)26-14-8-5-11-20(26)23-17-18-29-30(32(23)35)31-33-24(21-12-6-9-15-27(21)36(33,3)4)19-25-22-13-7-10-16-28(22)37(29)34(25)31/h4*5-19H,1-4H3. The molecular formula is C144H108N4. The van der Waals surface area contributed by atoms with Crippen LogP contribution in [-0.2, 0) is 43.3 Å². The fourth-order valence-electron chi connectivity index (χ4n) is 32.6. The van der Waals surface area contributed by atoms with Crippen molar-refractivity contribution in [3.63, 3.8) is 0 Å². The lowest BCUT2D eigenvalue weighted by Gasteiger charge is -2.25. The van der Waals surface area contributed by atoms with Crippen LogP contribution < -0.4 is 0 Å². The first kappa shape index (κ1) is 83.9. The third kappa shape index (κ3) is 9.64. The fraction of sp³-hybridized carbons (Fsp3) is 0.167. The van der Waals surface area contributed by atoms with Gasteiger partial charge in [-0.3, -0.25) is 0 Å². The van der Waals surface area contributed by atoms with Gasteiger partial charge in [-0.05, 0) is 251 Å². The second-order valence-electron chi connectivity index (χ2n) is 48.6. The molecule has 20 aromatic carbocycles. The van der Waals surface area contributed by atoms with Crippen molar-refractivity contribution in [2.75, 3.05) is 0 Å². The Hall–Kier alpha value is -16.4. The summed E-state index contributed by atoms with van der Waals surface area (Å²) in [6, 6.07) is 137. The number of benzene rings is 20. The Morgan fingerprint density at radius 2 is 0.351 bits per heavy atom. The van der Waals surface area contributed by atoms with Crippen LogP contribution in [0.15, 0.2) is 364 Å². The first-order chi connectivity index (χ1) is 71.6. The zero-order chi connectivity index (χ0) is 99.4. The monoisotopic (exact) mass is 1890 g/mol. The summed E-state index contributed by atoms with van der Waals surface area (Å²) in [4.78, 5) is 0. The average Bonchev–Trinajstić information content (AvgIpc) is 1.51. The van der Waals surface area contributed by atoms with Gasteiger partial charge in [0, 0.05) is 129 Å². The highest BCUT2D eigenvalue weighted by Crippen LogP contribution is 2.67. The summed E-state index contributed by atoms with van der Waals surface area (Å²) in [6.45, 7) is 38.6. The molecule has 28 aromatic rings. The van der Waals surface area contributed by atoms with Gasteiger partial charge >= 0.3 is 0 Å². The maximum absolute atomic E-state index is 2.56. The van der Waals surface area contributed by atoms with E-state index in [0.717, 1.165) is 0 Å². The summed E-state index contributed by atoms with van der Waals surface area (Å²) >= 11 is 0. The van der Waals surface area contributed by atoms with Crippen LogP contribution in [0.4, 0.5) is 0 Å². The van der Waals surface area contributed by atoms with Gasteiger partial charge in [0.25, 0.3) is 0 Å². The van der Waals surface area contributed by atoms with Crippen LogP contribution in [0.5, 0.6) is 0 Å². The smallest absolute Gasteiger partial charge is 0.0627 e. The first-order valence-electron chi connectivity index (χ1n) is 53.6. The molecule has 0 bridgehead atoms. The normalized spacial score (nSPS) is 16.5. The second kappa shape index (κ2) is 27.3. The van der Waals surface area contributed by atoms with E-state index in [2.05, 4.69) is 492 Å². The maximum Gasteiger partial charge on any atom is 0.0627 e. The van der Waals surface area contributed by atoms with E-state index in [4.69, 9.17) is 0 Å². The number of aromatic nitrogens is 4. The predicted octanol–water partition coefficient (Wildman–Crippen LogP) is 37.8. The number of hydrogen-bond acceptors (Lipinski definition) is 0. The molecule has 0 radical (unpaired) electrons. The van der Waals surface area contributed by atoms with E-state index in [1.807, 2.05) is 0 Å². The third-order valence-electron chi connectivity index (χ3n) is 38.7. The minimum Gasteiger partial charge on any atom is -0.308 e. The van der Waals surface area contributed by atoms with Crippen LogP contribution in [0.1, 0.15) is 200 Å². The third-order valence-corrected chi connectivity index (χ3v) is 38.7. The number of para-hydroxylation sites is 4. The SMILES string of the molecule is CC1(C)c2ccccc2-c2c1cc1c3c4c(ccc3n3c5ccccc5c2c13)-c1ccccc1C4(C)C.CC1(C)c2ccccc2-c2c1cc1c3ccccc3n3c4ccc5c(c4c2c13)C(C)(C)c1ccccc1-5.CC1(C)c2ccccc2-c2ccc3c(c21)c1c2c(cc4c5ccccc5n3c41)-c1ccccc1C2(C)C.CC1(C)c2ccccc2-c2ccc3c(c21)c1cc2c(c4c5ccccc5n3c14)C(C)(C)c1ccccc1-2. The van der Waals surface area contributed by atoms with Crippen LogP contribution in [0.3, 0.4) is 0 Å². The molecule has 4 nitrogen and oxygen atoms in total. The summed E-state index contributed by atoms with van der Waals surface area (Å²) in [7, 11) is 0. The van der Waals surface area contributed by atoms with Crippen molar-refractivity contribution < 1.29 is 0 Å². The van der Waals surface area contributed by atoms with Crippen molar-refractivity contribution >= 4 is 152 Å². The Kier molecular flexibility index (Phi) is 15.5. The predicted molar refractivity (Wildman–Crippen MR) is 625 cm³/mol. The van der Waals surface area contributed by atoms with E-state index in [1.54, 1.807) is 0 Å².